The first-order valence-electron chi connectivity index (χ1n) is 5.63. The molecule has 20 heavy (non-hydrogen) atoms. The molecule has 2 rings (SSSR count). The smallest absolute Gasteiger partial charge is 0.287 e. The van der Waals surface area contributed by atoms with Crippen molar-refractivity contribution in [1.82, 2.24) is 4.98 Å². The third-order valence-corrected chi connectivity index (χ3v) is 2.74. The first kappa shape index (κ1) is 14.2. The van der Waals surface area contributed by atoms with E-state index in [0.717, 1.165) is 18.2 Å². The van der Waals surface area contributed by atoms with E-state index in [1.54, 1.807) is 0 Å². The highest BCUT2D eigenvalue weighted by atomic mass is 19.4. The molecule has 0 unspecified atom stereocenters. The molecule has 0 aliphatic carbocycles. The SMILES string of the molecule is Cc1cc(C(=O)c2ccc(C(F)(F)F)cn2)ccc1F. The minimum atomic E-state index is -4.50. The van der Waals surface area contributed by atoms with Crippen molar-refractivity contribution in [3.05, 3.63) is 64.7 Å². The lowest BCUT2D eigenvalue weighted by molar-refractivity contribution is -0.137. The topological polar surface area (TPSA) is 30.0 Å². The Bertz CT molecular complexity index is 647. The van der Waals surface area contributed by atoms with E-state index in [1.807, 2.05) is 0 Å². The number of aromatic nitrogens is 1. The number of ketones is 1. The van der Waals surface area contributed by atoms with Gasteiger partial charge >= 0.3 is 6.18 Å². The van der Waals surface area contributed by atoms with Crippen LogP contribution in [0.25, 0.3) is 0 Å². The minimum absolute atomic E-state index is 0.121. The molecule has 0 saturated heterocycles. The third kappa shape index (κ3) is 2.84. The molecule has 0 saturated carbocycles. The van der Waals surface area contributed by atoms with Crippen LogP contribution >= 0.6 is 0 Å². The van der Waals surface area contributed by atoms with Gasteiger partial charge in [0.2, 0.25) is 5.78 Å². The van der Waals surface area contributed by atoms with Crippen molar-refractivity contribution in [3.8, 4) is 0 Å². The van der Waals surface area contributed by atoms with E-state index in [2.05, 4.69) is 4.98 Å². The standard InChI is InChI=1S/C14H9F4NO/c1-8-6-9(2-4-11(8)15)13(20)12-5-3-10(7-19-12)14(16,17)18/h2-7H,1H3. The maximum absolute atomic E-state index is 13.1. The first-order chi connectivity index (χ1) is 9.29. The minimum Gasteiger partial charge on any atom is -0.287 e. The molecule has 0 amide bonds. The van der Waals surface area contributed by atoms with Gasteiger partial charge < -0.3 is 0 Å². The molecule has 2 aromatic rings. The summed E-state index contributed by atoms with van der Waals surface area (Å²) < 4.78 is 50.2. The Balaban J connectivity index is 2.31. The van der Waals surface area contributed by atoms with Crippen LogP contribution in [0.1, 0.15) is 27.2 Å². The number of rotatable bonds is 2. The summed E-state index contributed by atoms with van der Waals surface area (Å²) in [6.45, 7) is 1.49. The molecule has 0 spiro atoms. The van der Waals surface area contributed by atoms with Crippen molar-refractivity contribution in [2.75, 3.05) is 0 Å². The molecular formula is C14H9F4NO. The zero-order valence-corrected chi connectivity index (χ0v) is 10.3. The number of carbonyl (C=O) groups excluding carboxylic acids is 1. The Morgan fingerprint density at radius 1 is 1.15 bits per heavy atom. The lowest BCUT2D eigenvalue weighted by Crippen LogP contribution is -2.09. The monoisotopic (exact) mass is 283 g/mol. The second-order valence-corrected chi connectivity index (χ2v) is 4.22. The molecule has 0 N–H and O–H groups in total. The van der Waals surface area contributed by atoms with Gasteiger partial charge in [0.15, 0.2) is 0 Å². The van der Waals surface area contributed by atoms with Crippen LogP contribution in [0, 0.1) is 12.7 Å². The molecule has 1 aromatic heterocycles. The highest BCUT2D eigenvalue weighted by Gasteiger charge is 2.31. The fraction of sp³-hybridized carbons (Fsp3) is 0.143. The number of aryl methyl sites for hydroxylation is 1. The number of nitrogens with zero attached hydrogens (tertiary/aromatic N) is 1. The number of hydrogen-bond acceptors (Lipinski definition) is 2. The second-order valence-electron chi connectivity index (χ2n) is 4.22. The molecule has 0 radical (unpaired) electrons. The lowest BCUT2D eigenvalue weighted by atomic mass is 10.0. The Hall–Kier alpha value is -2.24. The molecule has 1 heterocycles. The largest absolute Gasteiger partial charge is 0.417 e. The van der Waals surface area contributed by atoms with Crippen LogP contribution in [0.2, 0.25) is 0 Å². The van der Waals surface area contributed by atoms with E-state index >= 15 is 0 Å². The fourth-order valence-electron chi connectivity index (χ4n) is 1.63. The normalized spacial score (nSPS) is 11.4. The van der Waals surface area contributed by atoms with Gasteiger partial charge in [0.25, 0.3) is 0 Å². The Kier molecular flexibility index (Phi) is 3.57. The van der Waals surface area contributed by atoms with Gasteiger partial charge in [-0.3, -0.25) is 9.78 Å². The van der Waals surface area contributed by atoms with Crippen LogP contribution in [0.4, 0.5) is 17.6 Å². The molecule has 104 valence electrons. The number of hydrogen-bond donors (Lipinski definition) is 0. The van der Waals surface area contributed by atoms with Crippen molar-refractivity contribution in [3.63, 3.8) is 0 Å². The zero-order valence-electron chi connectivity index (χ0n) is 10.3. The van der Waals surface area contributed by atoms with Gasteiger partial charge in [-0.15, -0.1) is 0 Å². The van der Waals surface area contributed by atoms with Gasteiger partial charge in [0.05, 0.1) is 5.56 Å². The van der Waals surface area contributed by atoms with Gasteiger partial charge in [0, 0.05) is 11.8 Å². The van der Waals surface area contributed by atoms with E-state index in [-0.39, 0.29) is 16.8 Å². The van der Waals surface area contributed by atoms with E-state index in [4.69, 9.17) is 0 Å². The maximum atomic E-state index is 13.1. The van der Waals surface area contributed by atoms with Crippen LogP contribution in [-0.4, -0.2) is 10.8 Å². The van der Waals surface area contributed by atoms with Crippen LogP contribution in [0.3, 0.4) is 0 Å². The fourth-order valence-corrected chi connectivity index (χ4v) is 1.63. The van der Waals surface area contributed by atoms with Gasteiger partial charge in [-0.1, -0.05) is 0 Å². The summed E-state index contributed by atoms with van der Waals surface area (Å²) >= 11 is 0. The summed E-state index contributed by atoms with van der Waals surface area (Å²) in [4.78, 5) is 15.5. The third-order valence-electron chi connectivity index (χ3n) is 2.74. The molecule has 0 atom stereocenters. The van der Waals surface area contributed by atoms with Gasteiger partial charge in [-0.05, 0) is 42.8 Å². The Morgan fingerprint density at radius 2 is 1.85 bits per heavy atom. The van der Waals surface area contributed by atoms with Crippen LogP contribution < -0.4 is 0 Å². The van der Waals surface area contributed by atoms with Crippen molar-refractivity contribution >= 4 is 5.78 Å². The van der Waals surface area contributed by atoms with E-state index < -0.39 is 23.3 Å². The van der Waals surface area contributed by atoms with Crippen molar-refractivity contribution < 1.29 is 22.4 Å². The lowest BCUT2D eigenvalue weighted by Gasteiger charge is -2.07. The van der Waals surface area contributed by atoms with Crippen molar-refractivity contribution in [1.29, 1.82) is 0 Å². The molecule has 1 aromatic carbocycles. The number of benzene rings is 1. The van der Waals surface area contributed by atoms with Gasteiger partial charge in [-0.2, -0.15) is 13.2 Å². The number of pyridine rings is 1. The average Bonchev–Trinajstić information content (AvgIpc) is 2.40. The highest BCUT2D eigenvalue weighted by molar-refractivity contribution is 6.07. The summed E-state index contributed by atoms with van der Waals surface area (Å²) in [5.41, 5.74) is -0.590. The van der Waals surface area contributed by atoms with Gasteiger partial charge in [0.1, 0.15) is 11.5 Å². The highest BCUT2D eigenvalue weighted by Crippen LogP contribution is 2.28. The Morgan fingerprint density at radius 3 is 2.35 bits per heavy atom. The summed E-state index contributed by atoms with van der Waals surface area (Å²) in [7, 11) is 0. The molecule has 2 nitrogen and oxygen atoms in total. The molecule has 0 aliphatic heterocycles. The van der Waals surface area contributed by atoms with Crippen molar-refractivity contribution in [2.24, 2.45) is 0 Å². The molecule has 0 aliphatic rings. The number of carbonyl (C=O) groups is 1. The van der Waals surface area contributed by atoms with E-state index in [0.29, 0.717) is 6.20 Å². The molecule has 0 fully saturated rings. The van der Waals surface area contributed by atoms with E-state index in [9.17, 15) is 22.4 Å². The summed E-state index contributed by atoms with van der Waals surface area (Å²) in [5.74, 6) is -1.01. The first-order valence-corrected chi connectivity index (χ1v) is 5.63. The average molecular weight is 283 g/mol. The molecule has 6 heteroatoms. The zero-order chi connectivity index (χ0) is 14.9. The Labute approximate surface area is 112 Å². The van der Waals surface area contributed by atoms with Crippen molar-refractivity contribution in [2.45, 2.75) is 13.1 Å². The summed E-state index contributed by atoms with van der Waals surface area (Å²) in [6, 6.07) is 5.52. The van der Waals surface area contributed by atoms with Crippen LogP contribution in [0.5, 0.6) is 0 Å². The molecular weight excluding hydrogens is 274 g/mol. The maximum Gasteiger partial charge on any atom is 0.417 e. The van der Waals surface area contributed by atoms with Crippen LogP contribution in [0.15, 0.2) is 36.5 Å². The second kappa shape index (κ2) is 5.03. The number of halogens is 4. The summed E-state index contributed by atoms with van der Waals surface area (Å²) in [5, 5.41) is 0. The van der Waals surface area contributed by atoms with Crippen LogP contribution in [-0.2, 0) is 6.18 Å². The predicted octanol–water partition coefficient (Wildman–Crippen LogP) is 3.78. The molecule has 0 bridgehead atoms. The summed E-state index contributed by atoms with van der Waals surface area (Å²) in [6.07, 6.45) is -3.90. The van der Waals surface area contributed by atoms with Gasteiger partial charge in [-0.25, -0.2) is 4.39 Å². The quantitative estimate of drug-likeness (QED) is 0.620. The number of alkyl halides is 3. The van der Waals surface area contributed by atoms with E-state index in [1.165, 1.54) is 19.1 Å². The predicted molar refractivity (Wildman–Crippen MR) is 63.8 cm³/mol.